The number of rotatable bonds is 3. The van der Waals surface area contributed by atoms with Gasteiger partial charge >= 0.3 is 0 Å². The summed E-state index contributed by atoms with van der Waals surface area (Å²) in [6.45, 7) is 10.0. The summed E-state index contributed by atoms with van der Waals surface area (Å²) in [4.78, 5) is 12.4. The maximum absolute atomic E-state index is 12.4. The number of ether oxygens (including phenoxy) is 2. The first-order valence-electron chi connectivity index (χ1n) is 11.5. The maximum atomic E-state index is 12.4. The van der Waals surface area contributed by atoms with Gasteiger partial charge in [-0.25, -0.2) is 0 Å². The Balaban J connectivity index is 0.000000321. The van der Waals surface area contributed by atoms with Crippen LogP contribution in [0.5, 0.6) is 5.75 Å². The van der Waals surface area contributed by atoms with E-state index in [9.17, 15) is 4.79 Å². The minimum Gasteiger partial charge on any atom is -0.496 e. The molecule has 0 spiro atoms. The van der Waals surface area contributed by atoms with Crippen LogP contribution in [0.25, 0.3) is 10.8 Å². The Hall–Kier alpha value is -3.43. The summed E-state index contributed by atoms with van der Waals surface area (Å²) >= 11 is 0. The van der Waals surface area contributed by atoms with E-state index in [0.717, 1.165) is 22.4 Å². The van der Waals surface area contributed by atoms with Gasteiger partial charge < -0.3 is 9.47 Å². The van der Waals surface area contributed by atoms with Crippen molar-refractivity contribution in [2.75, 3.05) is 21.3 Å². The van der Waals surface area contributed by atoms with Crippen LogP contribution in [0.15, 0.2) is 84.9 Å². The molecule has 3 heteroatoms. The Kier molecular flexibility index (Phi) is 13.0. The van der Waals surface area contributed by atoms with Gasteiger partial charge in [0.25, 0.3) is 0 Å². The third kappa shape index (κ3) is 8.49. The van der Waals surface area contributed by atoms with E-state index in [1.807, 2.05) is 71.0 Å². The van der Waals surface area contributed by atoms with Crippen molar-refractivity contribution in [3.63, 3.8) is 0 Å². The highest BCUT2D eigenvalue weighted by molar-refractivity contribution is 6.09. The van der Waals surface area contributed by atoms with Gasteiger partial charge in [-0.2, -0.15) is 0 Å². The lowest BCUT2D eigenvalue weighted by Crippen LogP contribution is -2.03. The van der Waals surface area contributed by atoms with E-state index < -0.39 is 0 Å². The van der Waals surface area contributed by atoms with E-state index in [1.165, 1.54) is 16.3 Å². The Morgan fingerprint density at radius 2 is 1.00 bits per heavy atom. The number of aryl methyl sites for hydroxylation is 3. The van der Waals surface area contributed by atoms with Crippen molar-refractivity contribution >= 4 is 16.6 Å². The first kappa shape index (κ1) is 28.6. The molecule has 0 N–H and O–H groups in total. The van der Waals surface area contributed by atoms with Crippen LogP contribution < -0.4 is 4.74 Å². The molecule has 0 heterocycles. The molecule has 0 amide bonds. The molecule has 3 nitrogen and oxygen atoms in total. The molecule has 0 radical (unpaired) electrons. The third-order valence-electron chi connectivity index (χ3n) is 5.08. The molecule has 0 aliphatic carbocycles. The fraction of sp³-hybridized carbons (Fsp3) is 0.258. The van der Waals surface area contributed by atoms with Gasteiger partial charge in [-0.3, -0.25) is 4.79 Å². The van der Waals surface area contributed by atoms with Crippen LogP contribution in [-0.4, -0.2) is 27.1 Å². The average molecular weight is 459 g/mol. The molecule has 0 unspecified atom stereocenters. The van der Waals surface area contributed by atoms with Crippen LogP contribution in [0.2, 0.25) is 0 Å². The number of carbonyl (C=O) groups is 1. The number of hydrogen-bond donors (Lipinski definition) is 0. The summed E-state index contributed by atoms with van der Waals surface area (Å²) < 4.78 is 9.46. The molecule has 0 saturated carbocycles. The molecule has 0 fully saturated rings. The van der Waals surface area contributed by atoms with Crippen LogP contribution >= 0.6 is 0 Å². The summed E-state index contributed by atoms with van der Waals surface area (Å²) in [5.74, 6) is 0.852. The lowest BCUT2D eigenvalue weighted by atomic mass is 9.98. The Bertz CT molecular complexity index is 1100. The SMILES string of the molecule is CC.COC.COc1ccc(C(=O)c2ccc(C)c(C)c2)cc1C.c1ccc2ccccc2c1. The average Bonchev–Trinajstić information content (AvgIpc) is 2.87. The lowest BCUT2D eigenvalue weighted by Gasteiger charge is -2.08. The second kappa shape index (κ2) is 15.4. The van der Waals surface area contributed by atoms with E-state index in [2.05, 4.69) is 53.3 Å². The van der Waals surface area contributed by atoms with E-state index in [-0.39, 0.29) is 5.78 Å². The zero-order chi connectivity index (χ0) is 25.5. The number of hydrogen-bond acceptors (Lipinski definition) is 3. The fourth-order valence-electron chi connectivity index (χ4n) is 3.20. The topological polar surface area (TPSA) is 35.5 Å². The molecular weight excluding hydrogens is 420 g/mol. The first-order chi connectivity index (χ1) is 16.4. The van der Waals surface area contributed by atoms with Crippen LogP contribution in [0.4, 0.5) is 0 Å². The van der Waals surface area contributed by atoms with E-state index in [0.29, 0.717) is 5.56 Å². The van der Waals surface area contributed by atoms with Crippen molar-refractivity contribution in [2.24, 2.45) is 0 Å². The van der Waals surface area contributed by atoms with Gasteiger partial charge in [-0.05, 0) is 72.5 Å². The zero-order valence-electron chi connectivity index (χ0n) is 21.8. The second-order valence-corrected chi connectivity index (χ2v) is 7.57. The largest absolute Gasteiger partial charge is 0.496 e. The van der Waals surface area contributed by atoms with Crippen molar-refractivity contribution < 1.29 is 14.3 Å². The molecule has 0 aliphatic rings. The monoisotopic (exact) mass is 458 g/mol. The highest BCUT2D eigenvalue weighted by Gasteiger charge is 2.11. The van der Waals surface area contributed by atoms with Crippen molar-refractivity contribution in [3.05, 3.63) is 113 Å². The quantitative estimate of drug-likeness (QED) is 0.292. The van der Waals surface area contributed by atoms with Crippen molar-refractivity contribution in [1.29, 1.82) is 0 Å². The molecule has 0 bridgehead atoms. The van der Waals surface area contributed by atoms with Crippen LogP contribution in [0.1, 0.15) is 46.5 Å². The molecule has 34 heavy (non-hydrogen) atoms. The predicted molar refractivity (Wildman–Crippen MR) is 145 cm³/mol. The first-order valence-corrected chi connectivity index (χ1v) is 11.5. The number of benzene rings is 4. The van der Waals surface area contributed by atoms with Gasteiger partial charge in [0, 0.05) is 25.3 Å². The molecule has 4 aromatic carbocycles. The Morgan fingerprint density at radius 1 is 0.588 bits per heavy atom. The standard InChI is InChI=1S/C17H18O2.C10H8.C2H6O.C2H6/c1-11-5-6-14(9-12(11)2)17(18)15-7-8-16(19-4)13(3)10-15;1-2-6-10-8-4-3-7-9(10)5-1;1-3-2;1-2/h5-10H,1-4H3;1-8H;1-2H3;1-2H3. The third-order valence-corrected chi connectivity index (χ3v) is 5.08. The summed E-state index contributed by atoms with van der Waals surface area (Å²) in [6, 6.07) is 28.0. The molecule has 180 valence electrons. The molecule has 4 aromatic rings. The van der Waals surface area contributed by atoms with Gasteiger partial charge in [0.1, 0.15) is 5.75 Å². The number of fused-ring (bicyclic) bond motifs is 1. The van der Waals surface area contributed by atoms with Crippen molar-refractivity contribution in [1.82, 2.24) is 0 Å². The Morgan fingerprint density at radius 3 is 1.38 bits per heavy atom. The maximum Gasteiger partial charge on any atom is 0.193 e. The number of methoxy groups -OCH3 is 2. The van der Waals surface area contributed by atoms with E-state index >= 15 is 0 Å². The number of ketones is 1. The molecular formula is C31H38O3. The lowest BCUT2D eigenvalue weighted by molar-refractivity contribution is 0.103. The van der Waals surface area contributed by atoms with Gasteiger partial charge in [0.15, 0.2) is 5.78 Å². The van der Waals surface area contributed by atoms with E-state index in [4.69, 9.17) is 4.74 Å². The smallest absolute Gasteiger partial charge is 0.193 e. The van der Waals surface area contributed by atoms with Crippen LogP contribution in [0, 0.1) is 20.8 Å². The Labute approximate surface area is 205 Å². The highest BCUT2D eigenvalue weighted by atomic mass is 16.5. The molecule has 0 saturated heterocycles. The summed E-state index contributed by atoms with van der Waals surface area (Å²) in [7, 11) is 4.88. The zero-order valence-corrected chi connectivity index (χ0v) is 21.8. The molecule has 0 aromatic heterocycles. The summed E-state index contributed by atoms with van der Waals surface area (Å²) in [5, 5.41) is 2.62. The normalized spacial score (nSPS) is 9.41. The molecule has 0 atom stereocenters. The van der Waals surface area contributed by atoms with E-state index in [1.54, 1.807) is 21.3 Å². The minimum atomic E-state index is 0.0499. The van der Waals surface area contributed by atoms with Crippen LogP contribution in [-0.2, 0) is 4.74 Å². The van der Waals surface area contributed by atoms with Crippen molar-refractivity contribution in [2.45, 2.75) is 34.6 Å². The van der Waals surface area contributed by atoms with Crippen LogP contribution in [0.3, 0.4) is 0 Å². The molecule has 0 aliphatic heterocycles. The highest BCUT2D eigenvalue weighted by Crippen LogP contribution is 2.21. The second-order valence-electron chi connectivity index (χ2n) is 7.57. The fourth-order valence-corrected chi connectivity index (χ4v) is 3.20. The predicted octanol–water partition coefficient (Wildman–Crippen LogP) is 7.98. The molecule has 4 rings (SSSR count). The summed E-state index contributed by atoms with van der Waals surface area (Å²) in [5.41, 5.74) is 4.73. The van der Waals surface area contributed by atoms with Gasteiger partial charge in [-0.15, -0.1) is 0 Å². The summed E-state index contributed by atoms with van der Waals surface area (Å²) in [6.07, 6.45) is 0. The number of carbonyl (C=O) groups excluding carboxylic acids is 1. The van der Waals surface area contributed by atoms with Gasteiger partial charge in [0.2, 0.25) is 0 Å². The van der Waals surface area contributed by atoms with Gasteiger partial charge in [0.05, 0.1) is 7.11 Å². The van der Waals surface area contributed by atoms with Crippen molar-refractivity contribution in [3.8, 4) is 5.75 Å². The minimum absolute atomic E-state index is 0.0499. The van der Waals surface area contributed by atoms with Gasteiger partial charge in [-0.1, -0.05) is 74.5 Å².